The molecule has 0 spiro atoms. The van der Waals surface area contributed by atoms with Gasteiger partial charge in [0.25, 0.3) is 0 Å². The zero-order valence-electron chi connectivity index (χ0n) is 13.5. The molecule has 0 aliphatic heterocycles. The number of carbonyl (C=O) groups excluding carboxylic acids is 1. The first-order valence-corrected chi connectivity index (χ1v) is 7.34. The van der Waals surface area contributed by atoms with Crippen molar-refractivity contribution in [3.63, 3.8) is 0 Å². The van der Waals surface area contributed by atoms with Gasteiger partial charge in [-0.25, -0.2) is 0 Å². The normalized spacial score (nSPS) is 13.9. The molecule has 0 radical (unpaired) electrons. The Bertz CT molecular complexity index is 249. The van der Waals surface area contributed by atoms with E-state index in [0.717, 1.165) is 12.8 Å². The van der Waals surface area contributed by atoms with Gasteiger partial charge in [-0.05, 0) is 18.9 Å². The van der Waals surface area contributed by atoms with Crippen molar-refractivity contribution in [2.45, 2.75) is 84.0 Å². The number of unbranched alkanes of at least 4 members (excludes halogenated alkanes) is 10. The van der Waals surface area contributed by atoms with Gasteiger partial charge in [0.2, 0.25) is 0 Å². The summed E-state index contributed by atoms with van der Waals surface area (Å²) in [6.07, 6.45) is 15.1. The maximum Gasteiger partial charge on any atom is 0.142 e. The van der Waals surface area contributed by atoms with E-state index in [1.807, 2.05) is 0 Å². The van der Waals surface area contributed by atoms with Crippen LogP contribution in [0.25, 0.3) is 0 Å². The van der Waals surface area contributed by atoms with Gasteiger partial charge < -0.3 is 0 Å². The predicted octanol–water partition coefficient (Wildman–Crippen LogP) is 5.44. The molecular formula is C16H30O. The Kier molecular flexibility index (Phi) is 11.7. The van der Waals surface area contributed by atoms with Crippen LogP contribution in [0.3, 0.4) is 0 Å². The smallest absolute Gasteiger partial charge is 0.142 e. The second-order valence-corrected chi connectivity index (χ2v) is 4.72. The third-order valence-electron chi connectivity index (χ3n) is 3.07. The summed E-state index contributed by atoms with van der Waals surface area (Å²) >= 11 is 0. The monoisotopic (exact) mass is 240 g/mol. The second kappa shape index (κ2) is 15.4. The topological polar surface area (TPSA) is 17.1 Å². The van der Waals surface area contributed by atoms with Gasteiger partial charge in [-0.15, -0.1) is 0 Å². The molecule has 1 nitrogen and oxygen atoms in total. The van der Waals surface area contributed by atoms with E-state index in [9.17, 15) is 4.79 Å². The summed E-state index contributed by atoms with van der Waals surface area (Å²) in [5, 5.41) is 0. The SMILES string of the molecule is [2H]C(C=O)=C([2H])CCCCCCCCCCCCC. The zero-order valence-corrected chi connectivity index (χ0v) is 11.5. The third kappa shape index (κ3) is 15.4. The maximum atomic E-state index is 10.3. The highest BCUT2D eigenvalue weighted by Crippen LogP contribution is 2.11. The standard InChI is InChI=1S/C16H30O/c1-2-3-4-5-6-7-8-9-10-11-12-13-14-15-16-17/h14-16H,2-13H2,1H3/i14D,15D. The molecule has 17 heavy (non-hydrogen) atoms. The molecule has 0 amide bonds. The fraction of sp³-hybridized carbons (Fsp3) is 0.812. The Morgan fingerprint density at radius 3 is 1.76 bits per heavy atom. The molecule has 0 saturated carbocycles. The molecule has 1 heteroatoms. The highest BCUT2D eigenvalue weighted by Gasteiger charge is 1.92. The lowest BCUT2D eigenvalue weighted by Gasteiger charge is -2.01. The third-order valence-corrected chi connectivity index (χ3v) is 3.07. The van der Waals surface area contributed by atoms with Gasteiger partial charge in [0.1, 0.15) is 6.29 Å². The van der Waals surface area contributed by atoms with Crippen LogP contribution >= 0.6 is 0 Å². The molecule has 0 aromatic rings. The first-order valence-electron chi connectivity index (χ1n) is 8.34. The van der Waals surface area contributed by atoms with Crippen molar-refractivity contribution in [3.05, 3.63) is 12.1 Å². The fourth-order valence-corrected chi connectivity index (χ4v) is 1.99. The van der Waals surface area contributed by atoms with Crippen LogP contribution in [0.2, 0.25) is 0 Å². The molecule has 0 aliphatic rings. The van der Waals surface area contributed by atoms with Crippen LogP contribution in [0.1, 0.15) is 86.7 Å². The molecule has 0 rings (SSSR count). The Balaban J connectivity index is 3.21. The van der Waals surface area contributed by atoms with Gasteiger partial charge in [-0.1, -0.05) is 77.2 Å². The van der Waals surface area contributed by atoms with E-state index in [1.54, 1.807) is 0 Å². The number of hydrogen-bond acceptors (Lipinski definition) is 1. The highest BCUT2D eigenvalue weighted by molar-refractivity contribution is 5.64. The molecular weight excluding hydrogens is 208 g/mol. The summed E-state index contributed by atoms with van der Waals surface area (Å²) in [7, 11) is 0. The highest BCUT2D eigenvalue weighted by atomic mass is 16.1. The lowest BCUT2D eigenvalue weighted by Crippen LogP contribution is -1.82. The largest absolute Gasteiger partial charge is 0.299 e. The minimum absolute atomic E-state index is 0.160. The van der Waals surface area contributed by atoms with Gasteiger partial charge in [-0.2, -0.15) is 0 Å². The van der Waals surface area contributed by atoms with E-state index < -0.39 is 0 Å². The van der Waals surface area contributed by atoms with E-state index in [4.69, 9.17) is 2.74 Å². The molecule has 0 saturated heterocycles. The van der Waals surface area contributed by atoms with Crippen LogP contribution in [0.4, 0.5) is 0 Å². The lowest BCUT2D eigenvalue weighted by molar-refractivity contribution is -0.104. The molecule has 0 unspecified atom stereocenters. The van der Waals surface area contributed by atoms with Crippen LogP contribution in [0.5, 0.6) is 0 Å². The second-order valence-electron chi connectivity index (χ2n) is 4.72. The van der Waals surface area contributed by atoms with Crippen molar-refractivity contribution >= 4 is 6.29 Å². The fourth-order valence-electron chi connectivity index (χ4n) is 1.99. The number of rotatable bonds is 13. The number of hydrogen-bond donors (Lipinski definition) is 0. The number of allylic oxidation sites excluding steroid dienone is 2. The lowest BCUT2D eigenvalue weighted by atomic mass is 10.1. The summed E-state index contributed by atoms with van der Waals surface area (Å²) < 4.78 is 14.7. The summed E-state index contributed by atoms with van der Waals surface area (Å²) in [6.45, 7) is 2.25. The zero-order chi connectivity index (χ0) is 14.3. The van der Waals surface area contributed by atoms with E-state index in [0.29, 0.717) is 12.7 Å². The van der Waals surface area contributed by atoms with Gasteiger partial charge in [0.15, 0.2) is 0 Å². The van der Waals surface area contributed by atoms with Crippen molar-refractivity contribution in [3.8, 4) is 0 Å². The molecule has 0 heterocycles. The minimum Gasteiger partial charge on any atom is -0.299 e. The molecule has 0 aromatic carbocycles. The average molecular weight is 240 g/mol. The molecule has 0 aliphatic carbocycles. The van der Waals surface area contributed by atoms with E-state index in [2.05, 4.69) is 6.92 Å². The van der Waals surface area contributed by atoms with Gasteiger partial charge in [0.05, 0.1) is 2.74 Å². The minimum atomic E-state index is -0.160. The summed E-state index contributed by atoms with van der Waals surface area (Å²) in [5.74, 6) is 0. The molecule has 0 fully saturated rings. The van der Waals surface area contributed by atoms with Gasteiger partial charge >= 0.3 is 0 Å². The van der Waals surface area contributed by atoms with Crippen molar-refractivity contribution in [2.75, 3.05) is 0 Å². The number of carbonyl (C=O) groups is 1. The maximum absolute atomic E-state index is 10.3. The van der Waals surface area contributed by atoms with E-state index >= 15 is 0 Å². The van der Waals surface area contributed by atoms with Crippen molar-refractivity contribution in [2.24, 2.45) is 0 Å². The molecule has 0 atom stereocenters. The quantitative estimate of drug-likeness (QED) is 0.238. The first kappa shape index (κ1) is 12.9. The summed E-state index contributed by atoms with van der Waals surface area (Å²) in [4.78, 5) is 10.3. The summed E-state index contributed by atoms with van der Waals surface area (Å²) in [5.41, 5.74) is 0. The molecule has 0 N–H and O–H groups in total. The van der Waals surface area contributed by atoms with E-state index in [1.165, 1.54) is 57.8 Å². The van der Waals surface area contributed by atoms with E-state index in [-0.39, 0.29) is 12.1 Å². The van der Waals surface area contributed by atoms with Crippen molar-refractivity contribution in [1.82, 2.24) is 0 Å². The molecule has 0 aromatic heterocycles. The average Bonchev–Trinajstić information content (AvgIpc) is 2.43. The summed E-state index contributed by atoms with van der Waals surface area (Å²) in [6, 6.07) is 0.0259. The van der Waals surface area contributed by atoms with Crippen LogP contribution in [-0.2, 0) is 4.79 Å². The van der Waals surface area contributed by atoms with Crippen LogP contribution < -0.4 is 0 Å². The molecule has 0 bridgehead atoms. The Labute approximate surface area is 110 Å². The Morgan fingerprint density at radius 1 is 0.824 bits per heavy atom. The Hall–Kier alpha value is -0.590. The number of aldehydes is 1. The first-order chi connectivity index (χ1) is 9.22. The Morgan fingerprint density at radius 2 is 1.29 bits per heavy atom. The van der Waals surface area contributed by atoms with Crippen LogP contribution in [-0.4, -0.2) is 6.29 Å². The van der Waals surface area contributed by atoms with Gasteiger partial charge in [-0.3, -0.25) is 4.79 Å². The van der Waals surface area contributed by atoms with Crippen LogP contribution in [0, 0.1) is 0 Å². The van der Waals surface area contributed by atoms with Crippen molar-refractivity contribution in [1.29, 1.82) is 0 Å². The molecule has 100 valence electrons. The van der Waals surface area contributed by atoms with Crippen molar-refractivity contribution < 1.29 is 7.54 Å². The van der Waals surface area contributed by atoms with Gasteiger partial charge in [0, 0.05) is 0 Å². The van der Waals surface area contributed by atoms with Crippen LogP contribution in [0.15, 0.2) is 12.1 Å². The predicted molar refractivity (Wildman–Crippen MR) is 76.3 cm³/mol.